The second-order valence-electron chi connectivity index (χ2n) is 6.27. The molecule has 6 heteroatoms. The van der Waals surface area contributed by atoms with E-state index in [0.717, 1.165) is 29.3 Å². The molecule has 3 rings (SSSR count). The van der Waals surface area contributed by atoms with Crippen molar-refractivity contribution in [3.8, 4) is 5.75 Å². The lowest BCUT2D eigenvalue weighted by molar-refractivity contribution is -0.123. The molecule has 2 aromatic carbocycles. The van der Waals surface area contributed by atoms with Crippen molar-refractivity contribution in [3.05, 3.63) is 69.6 Å². The van der Waals surface area contributed by atoms with Crippen molar-refractivity contribution in [2.75, 3.05) is 0 Å². The van der Waals surface area contributed by atoms with Crippen LogP contribution in [0.4, 0.5) is 4.79 Å². The number of para-hydroxylation sites is 1. The Labute approximate surface area is 168 Å². The first-order valence-electron chi connectivity index (χ1n) is 8.73. The van der Waals surface area contributed by atoms with Crippen LogP contribution in [0.15, 0.2) is 53.4 Å². The zero-order chi connectivity index (χ0) is 19.4. The second-order valence-corrected chi connectivity index (χ2v) is 7.70. The molecule has 1 saturated heterocycles. The third-order valence-corrected chi connectivity index (χ3v) is 5.40. The lowest BCUT2D eigenvalue weighted by Crippen LogP contribution is -2.27. The summed E-state index contributed by atoms with van der Waals surface area (Å²) in [6.07, 6.45) is 2.68. The number of benzene rings is 2. The van der Waals surface area contributed by atoms with Gasteiger partial charge in [-0.1, -0.05) is 48.9 Å². The highest BCUT2D eigenvalue weighted by Gasteiger charge is 2.35. The van der Waals surface area contributed by atoms with E-state index in [0.29, 0.717) is 15.7 Å². The zero-order valence-electron chi connectivity index (χ0n) is 15.1. The van der Waals surface area contributed by atoms with Crippen LogP contribution in [0, 0.1) is 0 Å². The number of nitrogens with zero attached hydrogens (tertiary/aromatic N) is 1. The second kappa shape index (κ2) is 8.63. The molecular formula is C21H20ClNO3S. The van der Waals surface area contributed by atoms with Crippen LogP contribution in [0.2, 0.25) is 5.02 Å². The first-order valence-corrected chi connectivity index (χ1v) is 9.93. The van der Waals surface area contributed by atoms with Crippen LogP contribution in [0.25, 0.3) is 6.08 Å². The molecule has 0 bridgehead atoms. The third-order valence-electron chi connectivity index (χ3n) is 4.24. The molecule has 0 saturated carbocycles. The summed E-state index contributed by atoms with van der Waals surface area (Å²) < 4.78 is 5.92. The van der Waals surface area contributed by atoms with E-state index < -0.39 is 0 Å². The largest absolute Gasteiger partial charge is 0.490 e. The fraction of sp³-hybridized carbons (Fsp3) is 0.238. The molecule has 1 fully saturated rings. The molecule has 0 N–H and O–H groups in total. The maximum absolute atomic E-state index is 12.7. The maximum Gasteiger partial charge on any atom is 0.293 e. The number of halogens is 1. The Kier molecular flexibility index (Phi) is 6.24. The number of amides is 2. The van der Waals surface area contributed by atoms with Gasteiger partial charge < -0.3 is 4.74 Å². The van der Waals surface area contributed by atoms with Crippen LogP contribution in [-0.2, 0) is 11.3 Å². The SMILES string of the molecule is CCC(C)Oc1ccccc1/C=C1\SC(=O)N(Cc2ccc(Cl)cc2)C1=O. The van der Waals surface area contributed by atoms with Gasteiger partial charge in [0.05, 0.1) is 17.6 Å². The summed E-state index contributed by atoms with van der Waals surface area (Å²) >= 11 is 6.84. The normalized spacial score (nSPS) is 16.9. The molecule has 140 valence electrons. The zero-order valence-corrected chi connectivity index (χ0v) is 16.7. The quantitative estimate of drug-likeness (QED) is 0.578. The maximum atomic E-state index is 12.7. The number of imide groups is 1. The van der Waals surface area contributed by atoms with Crippen molar-refractivity contribution < 1.29 is 14.3 Å². The van der Waals surface area contributed by atoms with Crippen molar-refractivity contribution in [1.82, 2.24) is 4.90 Å². The van der Waals surface area contributed by atoms with Gasteiger partial charge in [-0.25, -0.2) is 0 Å². The average molecular weight is 402 g/mol. The highest BCUT2D eigenvalue weighted by molar-refractivity contribution is 8.18. The number of carbonyl (C=O) groups excluding carboxylic acids is 2. The molecule has 27 heavy (non-hydrogen) atoms. The van der Waals surface area contributed by atoms with Gasteiger partial charge in [-0.2, -0.15) is 0 Å². The van der Waals surface area contributed by atoms with Gasteiger partial charge in [-0.3, -0.25) is 14.5 Å². The third kappa shape index (κ3) is 4.73. The Morgan fingerprint density at radius 1 is 1.15 bits per heavy atom. The molecule has 0 radical (unpaired) electrons. The van der Waals surface area contributed by atoms with Gasteiger partial charge in [0, 0.05) is 10.6 Å². The number of thioether (sulfide) groups is 1. The minimum atomic E-state index is -0.293. The van der Waals surface area contributed by atoms with E-state index in [-0.39, 0.29) is 23.8 Å². The van der Waals surface area contributed by atoms with Crippen LogP contribution in [0.3, 0.4) is 0 Å². The van der Waals surface area contributed by atoms with E-state index in [9.17, 15) is 9.59 Å². The summed E-state index contributed by atoms with van der Waals surface area (Å²) in [7, 11) is 0. The summed E-state index contributed by atoms with van der Waals surface area (Å²) in [6, 6.07) is 14.6. The van der Waals surface area contributed by atoms with Crippen molar-refractivity contribution in [3.63, 3.8) is 0 Å². The predicted octanol–water partition coefficient (Wildman–Crippen LogP) is 5.75. The summed E-state index contributed by atoms with van der Waals surface area (Å²) in [5, 5.41) is 0.340. The molecule has 1 unspecified atom stereocenters. The van der Waals surface area contributed by atoms with E-state index in [1.807, 2.05) is 43.3 Å². The highest BCUT2D eigenvalue weighted by atomic mass is 35.5. The first kappa shape index (κ1) is 19.5. The summed E-state index contributed by atoms with van der Waals surface area (Å²) in [5.74, 6) is 0.412. The lowest BCUT2D eigenvalue weighted by atomic mass is 10.1. The Hall–Kier alpha value is -2.24. The van der Waals surface area contributed by atoms with Crippen molar-refractivity contribution in [2.45, 2.75) is 32.9 Å². The van der Waals surface area contributed by atoms with E-state index >= 15 is 0 Å². The Bertz CT molecular complexity index is 879. The van der Waals surface area contributed by atoms with Crippen LogP contribution in [0.5, 0.6) is 5.75 Å². The Balaban J connectivity index is 1.81. The van der Waals surface area contributed by atoms with Crippen LogP contribution >= 0.6 is 23.4 Å². The fourth-order valence-electron chi connectivity index (χ4n) is 2.56. The van der Waals surface area contributed by atoms with Gasteiger partial charge in [0.25, 0.3) is 11.1 Å². The van der Waals surface area contributed by atoms with Crippen molar-refractivity contribution >= 4 is 40.6 Å². The number of rotatable bonds is 6. The Morgan fingerprint density at radius 3 is 2.56 bits per heavy atom. The highest BCUT2D eigenvalue weighted by Crippen LogP contribution is 2.35. The molecule has 1 aliphatic rings. The molecule has 0 aromatic heterocycles. The van der Waals surface area contributed by atoms with Gasteiger partial charge >= 0.3 is 0 Å². The number of carbonyl (C=O) groups is 2. The van der Waals surface area contributed by atoms with Crippen LogP contribution < -0.4 is 4.74 Å². The molecule has 2 aromatic rings. The topological polar surface area (TPSA) is 46.6 Å². The van der Waals surface area contributed by atoms with E-state index in [1.165, 1.54) is 4.90 Å². The van der Waals surface area contributed by atoms with Gasteiger partial charge in [-0.05, 0) is 54.9 Å². The van der Waals surface area contributed by atoms with Gasteiger partial charge in [0.15, 0.2) is 0 Å². The van der Waals surface area contributed by atoms with E-state index in [1.54, 1.807) is 18.2 Å². The van der Waals surface area contributed by atoms with Gasteiger partial charge in [0.1, 0.15) is 5.75 Å². The monoisotopic (exact) mass is 401 g/mol. The molecule has 1 atom stereocenters. The molecule has 1 heterocycles. The first-order chi connectivity index (χ1) is 13.0. The lowest BCUT2D eigenvalue weighted by Gasteiger charge is -2.15. The number of hydrogen-bond donors (Lipinski definition) is 0. The number of hydrogen-bond acceptors (Lipinski definition) is 4. The number of ether oxygens (including phenoxy) is 1. The molecule has 1 aliphatic heterocycles. The molecule has 2 amide bonds. The van der Waals surface area contributed by atoms with Crippen molar-refractivity contribution in [1.29, 1.82) is 0 Å². The summed E-state index contributed by atoms with van der Waals surface area (Å²) in [4.78, 5) is 26.7. The minimum Gasteiger partial charge on any atom is -0.490 e. The fourth-order valence-corrected chi connectivity index (χ4v) is 3.51. The summed E-state index contributed by atoms with van der Waals surface area (Å²) in [5.41, 5.74) is 1.64. The van der Waals surface area contributed by atoms with Crippen LogP contribution in [-0.4, -0.2) is 22.2 Å². The van der Waals surface area contributed by atoms with Crippen molar-refractivity contribution in [2.24, 2.45) is 0 Å². The predicted molar refractivity (Wildman–Crippen MR) is 110 cm³/mol. The van der Waals surface area contributed by atoms with E-state index in [2.05, 4.69) is 6.92 Å². The average Bonchev–Trinajstić information content (AvgIpc) is 2.92. The van der Waals surface area contributed by atoms with E-state index in [4.69, 9.17) is 16.3 Å². The van der Waals surface area contributed by atoms with Gasteiger partial charge in [-0.15, -0.1) is 0 Å². The van der Waals surface area contributed by atoms with Crippen LogP contribution in [0.1, 0.15) is 31.4 Å². The van der Waals surface area contributed by atoms with Gasteiger partial charge in [0.2, 0.25) is 0 Å². The summed E-state index contributed by atoms with van der Waals surface area (Å²) in [6.45, 7) is 4.27. The molecular weight excluding hydrogens is 382 g/mol. The molecule has 4 nitrogen and oxygen atoms in total. The minimum absolute atomic E-state index is 0.0690. The Morgan fingerprint density at radius 2 is 1.85 bits per heavy atom. The molecule has 0 spiro atoms. The molecule has 0 aliphatic carbocycles. The smallest absolute Gasteiger partial charge is 0.293 e. The standard InChI is InChI=1S/C21H20ClNO3S/c1-3-14(2)26-18-7-5-4-6-16(18)12-19-20(24)23(21(25)27-19)13-15-8-10-17(22)11-9-15/h4-12,14H,3,13H2,1-2H3/b19-12-.